The minimum Gasteiger partial charge on any atom is -0.539 e. The van der Waals surface area contributed by atoms with Crippen molar-refractivity contribution in [2.24, 2.45) is 7.05 Å². The molecule has 3 nitrogen and oxygen atoms in total. The van der Waals surface area contributed by atoms with Crippen LogP contribution in [0.25, 0.3) is 0 Å². The molecule has 0 aromatic carbocycles. The van der Waals surface area contributed by atoms with Crippen LogP contribution < -0.4 is 9.67 Å². The number of hydrogen-bond donors (Lipinski definition) is 0. The van der Waals surface area contributed by atoms with Gasteiger partial charge in [0.05, 0.1) is 5.38 Å². The van der Waals surface area contributed by atoms with E-state index in [1.165, 1.54) is 4.57 Å². The van der Waals surface area contributed by atoms with Gasteiger partial charge in [-0.2, -0.15) is 4.57 Å². The van der Waals surface area contributed by atoms with Gasteiger partial charge < -0.3 is 9.90 Å². The van der Waals surface area contributed by atoms with Crippen molar-refractivity contribution in [1.82, 2.24) is 0 Å². The van der Waals surface area contributed by atoms with Gasteiger partial charge in [-0.05, 0) is 0 Å². The quantitative estimate of drug-likeness (QED) is 0.470. The Morgan fingerprint density at radius 3 is 2.78 bits per heavy atom. The molecule has 0 saturated carbocycles. The molecule has 48 valence electrons. The summed E-state index contributed by atoms with van der Waals surface area (Å²) in [5, 5.41) is 12.1. The second-order valence-corrected chi connectivity index (χ2v) is 2.50. The zero-order valence-electron chi connectivity index (χ0n) is 4.83. The third-order valence-corrected chi connectivity index (χ3v) is 1.89. The molecule has 0 aliphatic heterocycles. The summed E-state index contributed by atoms with van der Waals surface area (Å²) in [6, 6.07) is 0. The van der Waals surface area contributed by atoms with E-state index < -0.39 is 5.97 Å². The number of nitrogens with zero attached hydrogens (tertiary/aromatic N) is 1. The molecule has 0 amide bonds. The lowest BCUT2D eigenvalue weighted by Crippen LogP contribution is -2.38. The smallest absolute Gasteiger partial charge is 0.284 e. The number of aryl methyl sites for hydroxylation is 1. The predicted molar refractivity (Wildman–Crippen MR) is 29.8 cm³/mol. The lowest BCUT2D eigenvalue weighted by Gasteiger charge is -1.89. The molecule has 0 bridgehead atoms. The fourth-order valence-corrected chi connectivity index (χ4v) is 1.22. The molecule has 0 radical (unpaired) electrons. The second-order valence-electron chi connectivity index (χ2n) is 1.61. The number of carboxylic acid groups (broad SMARTS) is 1. The Morgan fingerprint density at radius 1 is 1.89 bits per heavy atom. The average molecular weight is 143 g/mol. The van der Waals surface area contributed by atoms with E-state index in [4.69, 9.17) is 0 Å². The largest absolute Gasteiger partial charge is 0.539 e. The van der Waals surface area contributed by atoms with Crippen molar-refractivity contribution in [2.45, 2.75) is 0 Å². The monoisotopic (exact) mass is 143 g/mol. The first kappa shape index (κ1) is 6.22. The minimum absolute atomic E-state index is 0.245. The maximum absolute atomic E-state index is 10.2. The van der Waals surface area contributed by atoms with Gasteiger partial charge in [0.1, 0.15) is 7.05 Å². The van der Waals surface area contributed by atoms with E-state index in [-0.39, 0.29) is 5.01 Å². The molecule has 1 aromatic rings. The third kappa shape index (κ3) is 1.08. The molecule has 0 atom stereocenters. The lowest BCUT2D eigenvalue weighted by molar-refractivity contribution is -0.670. The fourth-order valence-electron chi connectivity index (χ4n) is 0.529. The highest BCUT2D eigenvalue weighted by atomic mass is 32.1. The first-order valence-electron chi connectivity index (χ1n) is 2.36. The van der Waals surface area contributed by atoms with Crippen LogP contribution in [0, 0.1) is 0 Å². The topological polar surface area (TPSA) is 44.0 Å². The average Bonchev–Trinajstić information content (AvgIpc) is 2.13. The number of thiazole rings is 1. The van der Waals surface area contributed by atoms with Crippen molar-refractivity contribution in [1.29, 1.82) is 0 Å². The Hall–Kier alpha value is -0.900. The molecular formula is C5H5NO2S. The minimum atomic E-state index is -1.12. The third-order valence-electron chi connectivity index (χ3n) is 0.959. The van der Waals surface area contributed by atoms with Gasteiger partial charge in [0.2, 0.25) is 0 Å². The lowest BCUT2D eigenvalue weighted by atomic mass is 10.7. The van der Waals surface area contributed by atoms with Gasteiger partial charge in [-0.15, -0.1) is 0 Å². The van der Waals surface area contributed by atoms with Gasteiger partial charge in [0, 0.05) is 0 Å². The van der Waals surface area contributed by atoms with E-state index in [2.05, 4.69) is 0 Å². The maximum Gasteiger partial charge on any atom is 0.284 e. The van der Waals surface area contributed by atoms with Crippen LogP contribution in [0.3, 0.4) is 0 Å². The Morgan fingerprint density at radius 2 is 2.56 bits per heavy atom. The van der Waals surface area contributed by atoms with Crippen molar-refractivity contribution in [3.05, 3.63) is 16.6 Å². The van der Waals surface area contributed by atoms with E-state index in [0.29, 0.717) is 0 Å². The van der Waals surface area contributed by atoms with Crippen LogP contribution in [0.15, 0.2) is 11.6 Å². The van der Waals surface area contributed by atoms with Crippen LogP contribution in [0.4, 0.5) is 0 Å². The summed E-state index contributed by atoms with van der Waals surface area (Å²) in [7, 11) is 1.67. The van der Waals surface area contributed by atoms with Crippen LogP contribution in [0.2, 0.25) is 0 Å². The van der Waals surface area contributed by atoms with Crippen LogP contribution in [0.5, 0.6) is 0 Å². The van der Waals surface area contributed by atoms with E-state index in [0.717, 1.165) is 11.3 Å². The van der Waals surface area contributed by atoms with Gasteiger partial charge in [-0.25, -0.2) is 0 Å². The second kappa shape index (κ2) is 2.14. The van der Waals surface area contributed by atoms with Crippen LogP contribution in [-0.4, -0.2) is 5.97 Å². The summed E-state index contributed by atoms with van der Waals surface area (Å²) in [5.74, 6) is -1.12. The van der Waals surface area contributed by atoms with Gasteiger partial charge in [-0.3, -0.25) is 0 Å². The Labute approximate surface area is 56.2 Å². The number of carbonyl (C=O) groups is 1. The number of hydrogen-bond acceptors (Lipinski definition) is 3. The van der Waals surface area contributed by atoms with E-state index in [1.807, 2.05) is 0 Å². The van der Waals surface area contributed by atoms with Crippen LogP contribution in [-0.2, 0) is 7.05 Å². The van der Waals surface area contributed by atoms with Crippen LogP contribution in [0.1, 0.15) is 9.80 Å². The molecule has 0 aliphatic rings. The van der Waals surface area contributed by atoms with Crippen molar-refractivity contribution in [3.8, 4) is 0 Å². The maximum atomic E-state index is 10.2. The van der Waals surface area contributed by atoms with Crippen molar-refractivity contribution in [2.75, 3.05) is 0 Å². The standard InChI is InChI=1S/C5H5NO2S/c1-6-2-3-9-4(6)5(7)8/h2-3H,1H3. The van der Waals surface area contributed by atoms with E-state index in [1.54, 1.807) is 18.6 Å². The molecule has 0 N–H and O–H groups in total. The molecule has 1 heterocycles. The molecule has 0 spiro atoms. The zero-order chi connectivity index (χ0) is 6.85. The number of rotatable bonds is 1. The summed E-state index contributed by atoms with van der Waals surface area (Å²) in [5.41, 5.74) is 0. The van der Waals surface area contributed by atoms with E-state index in [9.17, 15) is 9.90 Å². The van der Waals surface area contributed by atoms with Crippen molar-refractivity contribution < 1.29 is 14.5 Å². The molecular weight excluding hydrogens is 138 g/mol. The fraction of sp³-hybridized carbons (Fsp3) is 0.200. The predicted octanol–water partition coefficient (Wildman–Crippen LogP) is -1.06. The summed E-state index contributed by atoms with van der Waals surface area (Å²) in [6.45, 7) is 0. The highest BCUT2D eigenvalue weighted by Gasteiger charge is 2.06. The van der Waals surface area contributed by atoms with Gasteiger partial charge >= 0.3 is 0 Å². The SMILES string of the molecule is C[n+]1ccsc1C(=O)[O-]. The Kier molecular flexibility index (Phi) is 1.48. The van der Waals surface area contributed by atoms with Gasteiger partial charge in [0.15, 0.2) is 12.2 Å². The summed E-state index contributed by atoms with van der Waals surface area (Å²) < 4.78 is 1.51. The highest BCUT2D eigenvalue weighted by molar-refractivity contribution is 7.11. The number of aromatic nitrogens is 1. The summed E-state index contributed by atoms with van der Waals surface area (Å²) in [4.78, 5) is 10.2. The van der Waals surface area contributed by atoms with Crippen molar-refractivity contribution >= 4 is 17.3 Å². The summed E-state index contributed by atoms with van der Waals surface area (Å²) in [6.07, 6.45) is 1.68. The van der Waals surface area contributed by atoms with Gasteiger partial charge in [0.25, 0.3) is 5.01 Å². The Balaban J connectivity index is 3.08. The zero-order valence-corrected chi connectivity index (χ0v) is 5.64. The van der Waals surface area contributed by atoms with Crippen LogP contribution >= 0.6 is 11.3 Å². The van der Waals surface area contributed by atoms with E-state index >= 15 is 0 Å². The molecule has 1 aromatic heterocycles. The first-order valence-corrected chi connectivity index (χ1v) is 3.24. The Bertz CT molecular complexity index is 231. The summed E-state index contributed by atoms with van der Waals surface area (Å²) >= 11 is 1.16. The number of carbonyl (C=O) groups excluding carboxylic acids is 1. The molecule has 9 heavy (non-hydrogen) atoms. The molecule has 0 unspecified atom stereocenters. The molecule has 0 fully saturated rings. The normalized spacial score (nSPS) is 9.44. The molecule has 1 rings (SSSR count). The molecule has 4 heteroatoms. The number of carboxylic acids is 1. The highest BCUT2D eigenvalue weighted by Crippen LogP contribution is 1.97. The first-order chi connectivity index (χ1) is 4.22. The van der Waals surface area contributed by atoms with Crippen molar-refractivity contribution in [3.63, 3.8) is 0 Å². The molecule has 0 aliphatic carbocycles. The molecule has 0 saturated heterocycles. The number of aromatic carboxylic acids is 1. The van der Waals surface area contributed by atoms with Gasteiger partial charge in [-0.1, -0.05) is 11.3 Å².